The second-order valence-corrected chi connectivity index (χ2v) is 4.08. The number of carboxylic acid groups (broad SMARTS) is 1. The van der Waals surface area contributed by atoms with Gasteiger partial charge in [0.25, 0.3) is 0 Å². The standard InChI is InChI=1S/C11H9ClN4O3/c12-7-2-1-3-8(4-7)14-10(17)6-16-9(11(18)19)5-13-15-16/h1-5H,6H2,(H,14,17)(H,18,19). The molecule has 1 aromatic carbocycles. The van der Waals surface area contributed by atoms with E-state index >= 15 is 0 Å². The summed E-state index contributed by atoms with van der Waals surface area (Å²) < 4.78 is 1.00. The Morgan fingerprint density at radius 1 is 1.42 bits per heavy atom. The van der Waals surface area contributed by atoms with Crippen LogP contribution in [0.1, 0.15) is 10.5 Å². The molecule has 0 saturated heterocycles. The lowest BCUT2D eigenvalue weighted by Crippen LogP contribution is -2.22. The number of benzene rings is 1. The molecule has 8 heteroatoms. The minimum absolute atomic E-state index is 0.152. The van der Waals surface area contributed by atoms with Gasteiger partial charge in [0.15, 0.2) is 5.69 Å². The van der Waals surface area contributed by atoms with Crippen molar-refractivity contribution in [1.82, 2.24) is 15.0 Å². The zero-order chi connectivity index (χ0) is 13.8. The van der Waals surface area contributed by atoms with Crippen LogP contribution in [-0.4, -0.2) is 32.0 Å². The number of hydrogen-bond acceptors (Lipinski definition) is 4. The van der Waals surface area contributed by atoms with E-state index in [1.807, 2.05) is 0 Å². The van der Waals surface area contributed by atoms with Crippen molar-refractivity contribution in [3.63, 3.8) is 0 Å². The second kappa shape index (κ2) is 5.49. The van der Waals surface area contributed by atoms with Crippen LogP contribution >= 0.6 is 11.6 Å². The SMILES string of the molecule is O=C(Cn1nncc1C(=O)O)Nc1cccc(Cl)c1. The summed E-state index contributed by atoms with van der Waals surface area (Å²) in [5, 5.41) is 18.9. The van der Waals surface area contributed by atoms with Gasteiger partial charge in [0.1, 0.15) is 6.54 Å². The fourth-order valence-corrected chi connectivity index (χ4v) is 1.63. The van der Waals surface area contributed by atoms with E-state index in [0.717, 1.165) is 10.9 Å². The third-order valence-electron chi connectivity index (χ3n) is 2.24. The van der Waals surface area contributed by atoms with Crippen LogP contribution in [0.4, 0.5) is 5.69 Å². The molecule has 1 amide bonds. The van der Waals surface area contributed by atoms with E-state index in [-0.39, 0.29) is 12.2 Å². The van der Waals surface area contributed by atoms with E-state index in [9.17, 15) is 9.59 Å². The number of halogens is 1. The molecule has 2 aromatic rings. The summed E-state index contributed by atoms with van der Waals surface area (Å²) in [6.45, 7) is -0.242. The zero-order valence-electron chi connectivity index (χ0n) is 9.58. The molecular weight excluding hydrogens is 272 g/mol. The van der Waals surface area contributed by atoms with Crippen molar-refractivity contribution in [2.75, 3.05) is 5.32 Å². The lowest BCUT2D eigenvalue weighted by atomic mass is 10.3. The molecule has 0 radical (unpaired) electrons. The molecule has 98 valence electrons. The normalized spacial score (nSPS) is 10.2. The highest BCUT2D eigenvalue weighted by molar-refractivity contribution is 6.30. The molecule has 2 rings (SSSR count). The van der Waals surface area contributed by atoms with Gasteiger partial charge in [-0.15, -0.1) is 5.10 Å². The van der Waals surface area contributed by atoms with Gasteiger partial charge in [-0.2, -0.15) is 0 Å². The molecule has 0 saturated carbocycles. The molecule has 0 fully saturated rings. The van der Waals surface area contributed by atoms with Crippen LogP contribution in [0.25, 0.3) is 0 Å². The third-order valence-corrected chi connectivity index (χ3v) is 2.47. The van der Waals surface area contributed by atoms with Crippen molar-refractivity contribution in [3.8, 4) is 0 Å². The van der Waals surface area contributed by atoms with Gasteiger partial charge in [-0.1, -0.05) is 22.9 Å². The maximum atomic E-state index is 11.7. The van der Waals surface area contributed by atoms with Crippen LogP contribution in [0.5, 0.6) is 0 Å². The summed E-state index contributed by atoms with van der Waals surface area (Å²) in [6.07, 6.45) is 1.08. The average Bonchev–Trinajstić information content (AvgIpc) is 2.76. The topological polar surface area (TPSA) is 97.1 Å². The van der Waals surface area contributed by atoms with E-state index < -0.39 is 11.9 Å². The number of hydrogen-bond donors (Lipinski definition) is 2. The van der Waals surface area contributed by atoms with Gasteiger partial charge < -0.3 is 10.4 Å². The van der Waals surface area contributed by atoms with Gasteiger partial charge in [0.2, 0.25) is 5.91 Å². The predicted octanol–water partition coefficient (Wildman–Crippen LogP) is 1.27. The molecule has 7 nitrogen and oxygen atoms in total. The Hall–Kier alpha value is -2.41. The molecule has 0 aliphatic carbocycles. The fraction of sp³-hybridized carbons (Fsp3) is 0.0909. The van der Waals surface area contributed by atoms with Gasteiger partial charge in [-0.25, -0.2) is 9.48 Å². The first-order valence-electron chi connectivity index (χ1n) is 5.23. The number of amides is 1. The van der Waals surface area contributed by atoms with Crippen LogP contribution in [0.2, 0.25) is 5.02 Å². The van der Waals surface area contributed by atoms with E-state index in [1.165, 1.54) is 0 Å². The van der Waals surface area contributed by atoms with E-state index in [4.69, 9.17) is 16.7 Å². The maximum Gasteiger partial charge on any atom is 0.355 e. The molecule has 19 heavy (non-hydrogen) atoms. The highest BCUT2D eigenvalue weighted by Crippen LogP contribution is 2.14. The van der Waals surface area contributed by atoms with Gasteiger partial charge in [-0.05, 0) is 18.2 Å². The fourth-order valence-electron chi connectivity index (χ4n) is 1.44. The molecule has 0 aliphatic rings. The maximum absolute atomic E-state index is 11.7. The number of nitrogens with one attached hydrogen (secondary N) is 1. The van der Waals surface area contributed by atoms with Gasteiger partial charge >= 0.3 is 5.97 Å². The molecule has 0 aliphatic heterocycles. The Kier molecular flexibility index (Phi) is 3.76. The van der Waals surface area contributed by atoms with Crippen molar-refractivity contribution in [2.45, 2.75) is 6.54 Å². The summed E-state index contributed by atoms with van der Waals surface area (Å²) in [5.74, 6) is -1.61. The number of carboxylic acids is 1. The van der Waals surface area contributed by atoms with Gasteiger partial charge in [0.05, 0.1) is 6.20 Å². The molecule has 1 heterocycles. The molecule has 1 aromatic heterocycles. The van der Waals surface area contributed by atoms with E-state index in [2.05, 4.69) is 15.6 Å². The van der Waals surface area contributed by atoms with Gasteiger partial charge in [-0.3, -0.25) is 4.79 Å². The highest BCUT2D eigenvalue weighted by atomic mass is 35.5. The molecule has 0 unspecified atom stereocenters. The highest BCUT2D eigenvalue weighted by Gasteiger charge is 2.14. The second-order valence-electron chi connectivity index (χ2n) is 3.64. The smallest absolute Gasteiger partial charge is 0.355 e. The van der Waals surface area contributed by atoms with E-state index in [1.54, 1.807) is 24.3 Å². The predicted molar refractivity (Wildman–Crippen MR) is 67.1 cm³/mol. The number of nitrogens with zero attached hydrogens (tertiary/aromatic N) is 3. The molecule has 2 N–H and O–H groups in total. The molecule has 0 spiro atoms. The van der Waals surface area contributed by atoms with Crippen LogP contribution in [0, 0.1) is 0 Å². The van der Waals surface area contributed by atoms with Crippen LogP contribution in [0.3, 0.4) is 0 Å². The summed E-state index contributed by atoms with van der Waals surface area (Å²) in [5.41, 5.74) is 0.371. The zero-order valence-corrected chi connectivity index (χ0v) is 10.3. The lowest BCUT2D eigenvalue weighted by Gasteiger charge is -2.06. The van der Waals surface area contributed by atoms with Crippen molar-refractivity contribution >= 4 is 29.2 Å². The third kappa shape index (κ3) is 3.29. The largest absolute Gasteiger partial charge is 0.476 e. The van der Waals surface area contributed by atoms with Crippen molar-refractivity contribution in [2.24, 2.45) is 0 Å². The first-order chi connectivity index (χ1) is 9.06. The number of rotatable bonds is 4. The minimum atomic E-state index is -1.19. The monoisotopic (exact) mass is 280 g/mol. The van der Waals surface area contributed by atoms with Gasteiger partial charge in [0, 0.05) is 10.7 Å². The summed E-state index contributed by atoms with van der Waals surface area (Å²) >= 11 is 5.78. The summed E-state index contributed by atoms with van der Waals surface area (Å²) in [7, 11) is 0. The Morgan fingerprint density at radius 3 is 2.89 bits per heavy atom. The summed E-state index contributed by atoms with van der Waals surface area (Å²) in [6, 6.07) is 6.62. The molecule has 0 atom stereocenters. The lowest BCUT2D eigenvalue weighted by molar-refractivity contribution is -0.116. The molecular formula is C11H9ClN4O3. The van der Waals surface area contributed by atoms with Crippen LogP contribution < -0.4 is 5.32 Å². The summed E-state index contributed by atoms with van der Waals surface area (Å²) in [4.78, 5) is 22.5. The number of carbonyl (C=O) groups is 2. The van der Waals surface area contributed by atoms with Crippen molar-refractivity contribution in [3.05, 3.63) is 41.2 Å². The Bertz CT molecular complexity index is 626. The Labute approximate surface area is 112 Å². The quantitative estimate of drug-likeness (QED) is 0.879. The number of anilines is 1. The van der Waals surface area contributed by atoms with E-state index in [0.29, 0.717) is 10.7 Å². The number of carbonyl (C=O) groups excluding carboxylic acids is 1. The van der Waals surface area contributed by atoms with Crippen molar-refractivity contribution in [1.29, 1.82) is 0 Å². The minimum Gasteiger partial charge on any atom is -0.476 e. The Balaban J connectivity index is 2.05. The van der Waals surface area contributed by atoms with Crippen molar-refractivity contribution < 1.29 is 14.7 Å². The first kappa shape index (κ1) is 13.0. The first-order valence-corrected chi connectivity index (χ1v) is 5.61. The molecule has 0 bridgehead atoms. The average molecular weight is 281 g/mol. The van der Waals surface area contributed by atoms with Crippen LogP contribution in [-0.2, 0) is 11.3 Å². The number of aromatic carboxylic acids is 1. The van der Waals surface area contributed by atoms with Crippen LogP contribution in [0.15, 0.2) is 30.5 Å². The number of aromatic nitrogens is 3. The Morgan fingerprint density at radius 2 is 2.21 bits per heavy atom.